The predicted octanol–water partition coefficient (Wildman–Crippen LogP) is 2.60. The van der Waals surface area contributed by atoms with Crippen LogP contribution in [-0.2, 0) is 11.2 Å². The van der Waals surface area contributed by atoms with Crippen LogP contribution in [-0.4, -0.2) is 30.2 Å². The van der Waals surface area contributed by atoms with Crippen LogP contribution in [0.4, 0.5) is 0 Å². The van der Waals surface area contributed by atoms with Gasteiger partial charge in [-0.3, -0.25) is 4.79 Å². The minimum atomic E-state index is 0.216. The van der Waals surface area contributed by atoms with E-state index in [4.69, 9.17) is 9.47 Å². The summed E-state index contributed by atoms with van der Waals surface area (Å²) in [7, 11) is 0. The number of fused-ring (bicyclic) bond motifs is 1. The predicted molar refractivity (Wildman–Crippen MR) is 75.8 cm³/mol. The summed E-state index contributed by atoms with van der Waals surface area (Å²) >= 11 is 0. The number of carbonyl (C=O) groups is 1. The van der Waals surface area contributed by atoms with Crippen molar-refractivity contribution >= 4 is 5.91 Å². The topological polar surface area (TPSA) is 38.8 Å². The van der Waals surface area contributed by atoms with Crippen LogP contribution in [0.5, 0.6) is 11.5 Å². The van der Waals surface area contributed by atoms with E-state index in [1.54, 1.807) is 0 Å². The molecule has 3 rings (SSSR count). The van der Waals surface area contributed by atoms with Gasteiger partial charge in [0.2, 0.25) is 12.7 Å². The van der Waals surface area contributed by atoms with Crippen molar-refractivity contribution in [2.45, 2.75) is 39.2 Å². The van der Waals surface area contributed by atoms with Gasteiger partial charge in [-0.1, -0.05) is 6.07 Å². The molecule has 1 heterocycles. The van der Waals surface area contributed by atoms with Gasteiger partial charge in [0.25, 0.3) is 0 Å². The molecule has 4 nitrogen and oxygen atoms in total. The Morgan fingerprint density at radius 3 is 2.80 bits per heavy atom. The van der Waals surface area contributed by atoms with Crippen LogP contribution in [0, 0.1) is 5.92 Å². The van der Waals surface area contributed by atoms with E-state index < -0.39 is 0 Å². The van der Waals surface area contributed by atoms with Gasteiger partial charge in [0.05, 0.1) is 0 Å². The highest BCUT2D eigenvalue weighted by molar-refractivity contribution is 5.81. The number of ether oxygens (including phenoxy) is 2. The molecule has 20 heavy (non-hydrogen) atoms. The third kappa shape index (κ3) is 2.60. The summed E-state index contributed by atoms with van der Waals surface area (Å²) in [5, 5.41) is 0. The Morgan fingerprint density at radius 1 is 1.35 bits per heavy atom. The molecule has 1 aromatic carbocycles. The Morgan fingerprint density at radius 2 is 2.10 bits per heavy atom. The van der Waals surface area contributed by atoms with E-state index in [2.05, 4.69) is 19.9 Å². The van der Waals surface area contributed by atoms with Gasteiger partial charge in [-0.25, -0.2) is 0 Å². The molecular weight excluding hydrogens is 254 g/mol. The summed E-state index contributed by atoms with van der Waals surface area (Å²) in [6.07, 6.45) is 2.97. The minimum absolute atomic E-state index is 0.216. The third-order valence-corrected chi connectivity index (χ3v) is 4.05. The van der Waals surface area contributed by atoms with Gasteiger partial charge in [-0.2, -0.15) is 0 Å². The SMILES string of the molecule is CCN(C(=O)C1CC1)C(C)Cc1ccc2c(c1)OCO2. The van der Waals surface area contributed by atoms with E-state index >= 15 is 0 Å². The Labute approximate surface area is 119 Å². The maximum Gasteiger partial charge on any atom is 0.231 e. The van der Waals surface area contributed by atoms with Gasteiger partial charge >= 0.3 is 0 Å². The van der Waals surface area contributed by atoms with E-state index in [-0.39, 0.29) is 12.0 Å². The number of likely N-dealkylation sites (N-methyl/N-ethyl adjacent to an activating group) is 1. The highest BCUT2D eigenvalue weighted by Gasteiger charge is 2.34. The lowest BCUT2D eigenvalue weighted by Crippen LogP contribution is -2.40. The van der Waals surface area contributed by atoms with Crippen LogP contribution in [0.1, 0.15) is 32.3 Å². The molecule has 0 N–H and O–H groups in total. The molecule has 0 spiro atoms. The van der Waals surface area contributed by atoms with Crippen LogP contribution < -0.4 is 9.47 Å². The van der Waals surface area contributed by atoms with Crippen LogP contribution in [0.15, 0.2) is 18.2 Å². The molecule has 1 saturated carbocycles. The zero-order valence-corrected chi connectivity index (χ0v) is 12.1. The van der Waals surface area contributed by atoms with E-state index in [1.165, 1.54) is 5.56 Å². The number of carbonyl (C=O) groups excluding carboxylic acids is 1. The highest BCUT2D eigenvalue weighted by atomic mass is 16.7. The van der Waals surface area contributed by atoms with Gasteiger partial charge in [0, 0.05) is 18.5 Å². The van der Waals surface area contributed by atoms with Gasteiger partial charge in [0.15, 0.2) is 11.5 Å². The number of benzene rings is 1. The molecule has 1 aliphatic heterocycles. The van der Waals surface area contributed by atoms with Gasteiger partial charge < -0.3 is 14.4 Å². The molecule has 1 fully saturated rings. The van der Waals surface area contributed by atoms with Crippen molar-refractivity contribution in [1.29, 1.82) is 0 Å². The van der Waals surface area contributed by atoms with E-state index in [0.717, 1.165) is 37.3 Å². The summed E-state index contributed by atoms with van der Waals surface area (Å²) in [5.41, 5.74) is 1.18. The Bertz CT molecular complexity index is 510. The largest absolute Gasteiger partial charge is 0.454 e. The fraction of sp³-hybridized carbons (Fsp3) is 0.562. The molecule has 0 saturated heterocycles. The van der Waals surface area contributed by atoms with Crippen molar-refractivity contribution in [1.82, 2.24) is 4.90 Å². The van der Waals surface area contributed by atoms with Crippen LogP contribution in [0.2, 0.25) is 0 Å². The molecule has 0 bridgehead atoms. The lowest BCUT2D eigenvalue weighted by atomic mass is 10.0. The van der Waals surface area contributed by atoms with Crippen molar-refractivity contribution in [3.63, 3.8) is 0 Å². The zero-order valence-electron chi connectivity index (χ0n) is 12.1. The van der Waals surface area contributed by atoms with Gasteiger partial charge in [-0.05, 0) is 50.8 Å². The van der Waals surface area contributed by atoms with Crippen molar-refractivity contribution < 1.29 is 14.3 Å². The van der Waals surface area contributed by atoms with Crippen molar-refractivity contribution in [2.24, 2.45) is 5.92 Å². The summed E-state index contributed by atoms with van der Waals surface area (Å²) in [5.74, 6) is 2.23. The van der Waals surface area contributed by atoms with Crippen molar-refractivity contribution in [2.75, 3.05) is 13.3 Å². The number of hydrogen-bond acceptors (Lipinski definition) is 3. The van der Waals surface area contributed by atoms with Crippen molar-refractivity contribution in [3.8, 4) is 11.5 Å². The second kappa shape index (κ2) is 5.35. The first-order valence-corrected chi connectivity index (χ1v) is 7.38. The Hall–Kier alpha value is -1.71. The molecule has 2 aliphatic rings. The molecule has 1 atom stereocenters. The maximum atomic E-state index is 12.2. The van der Waals surface area contributed by atoms with Crippen molar-refractivity contribution in [3.05, 3.63) is 23.8 Å². The van der Waals surface area contributed by atoms with Crippen LogP contribution in [0.3, 0.4) is 0 Å². The van der Waals surface area contributed by atoms with Gasteiger partial charge in [0.1, 0.15) is 0 Å². The standard InChI is InChI=1S/C16H21NO3/c1-3-17(16(18)13-5-6-13)11(2)8-12-4-7-14-15(9-12)20-10-19-14/h4,7,9,11,13H,3,5-6,8,10H2,1-2H3. The summed E-state index contributed by atoms with van der Waals surface area (Å²) in [6, 6.07) is 6.24. The normalized spacial score (nSPS) is 17.9. The molecule has 1 aliphatic carbocycles. The molecule has 1 unspecified atom stereocenters. The molecule has 0 aromatic heterocycles. The Kier molecular flexibility index (Phi) is 3.55. The molecule has 108 valence electrons. The lowest BCUT2D eigenvalue weighted by Gasteiger charge is -2.28. The summed E-state index contributed by atoms with van der Waals surface area (Å²) < 4.78 is 10.7. The molecule has 4 heteroatoms. The zero-order chi connectivity index (χ0) is 14.1. The first-order chi connectivity index (χ1) is 9.69. The quantitative estimate of drug-likeness (QED) is 0.829. The van der Waals surface area contributed by atoms with Crippen LogP contribution >= 0.6 is 0 Å². The number of nitrogens with zero attached hydrogens (tertiary/aromatic N) is 1. The molecule has 1 aromatic rings. The fourth-order valence-corrected chi connectivity index (χ4v) is 2.77. The van der Waals surface area contributed by atoms with Gasteiger partial charge in [-0.15, -0.1) is 0 Å². The average molecular weight is 275 g/mol. The highest BCUT2D eigenvalue weighted by Crippen LogP contribution is 2.34. The molecule has 0 radical (unpaired) electrons. The number of amides is 1. The second-order valence-corrected chi connectivity index (χ2v) is 5.64. The summed E-state index contributed by atoms with van der Waals surface area (Å²) in [6.45, 7) is 5.25. The van der Waals surface area contributed by atoms with E-state index in [0.29, 0.717) is 12.7 Å². The fourth-order valence-electron chi connectivity index (χ4n) is 2.77. The first-order valence-electron chi connectivity index (χ1n) is 7.38. The monoisotopic (exact) mass is 275 g/mol. The number of rotatable bonds is 5. The smallest absolute Gasteiger partial charge is 0.231 e. The lowest BCUT2D eigenvalue weighted by molar-refractivity contribution is -0.134. The second-order valence-electron chi connectivity index (χ2n) is 5.64. The average Bonchev–Trinajstić information content (AvgIpc) is 3.18. The molecular formula is C16H21NO3. The van der Waals surface area contributed by atoms with E-state index in [1.807, 2.05) is 17.0 Å². The molecule has 1 amide bonds. The third-order valence-electron chi connectivity index (χ3n) is 4.05. The minimum Gasteiger partial charge on any atom is -0.454 e. The first kappa shape index (κ1) is 13.3. The van der Waals surface area contributed by atoms with E-state index in [9.17, 15) is 4.79 Å². The number of hydrogen-bond donors (Lipinski definition) is 0. The van der Waals surface area contributed by atoms with Crippen LogP contribution in [0.25, 0.3) is 0 Å². The maximum absolute atomic E-state index is 12.2. The summed E-state index contributed by atoms with van der Waals surface area (Å²) in [4.78, 5) is 14.2. The Balaban J connectivity index is 1.67.